The van der Waals surface area contributed by atoms with E-state index in [1.807, 2.05) is 0 Å². The average Bonchev–Trinajstić information content (AvgIpc) is 2.43. The molecule has 2 rings (SSSR count). The van der Waals surface area contributed by atoms with Gasteiger partial charge in [-0.15, -0.1) is 0 Å². The highest BCUT2D eigenvalue weighted by molar-refractivity contribution is 5.82. The molecule has 1 heterocycles. The number of hydrogen-bond donors (Lipinski definition) is 2. The molecule has 0 atom stereocenters. The lowest BCUT2D eigenvalue weighted by atomic mass is 9.92. The van der Waals surface area contributed by atoms with Crippen LogP contribution < -0.4 is 10.1 Å². The Morgan fingerprint density at radius 1 is 1.27 bits per heavy atom. The highest BCUT2D eigenvalue weighted by Gasteiger charge is 2.38. The Kier molecular flexibility index (Phi) is 4.04. The number of nitrogens with one attached hydrogen (secondary N) is 1. The van der Waals surface area contributed by atoms with Crippen LogP contribution in [-0.2, 0) is 22.6 Å². The Labute approximate surface area is 124 Å². The molecule has 0 fully saturated rings. The molecule has 2 N–H and O–H groups in total. The number of benzene rings is 1. The van der Waals surface area contributed by atoms with Crippen LogP contribution in [0.4, 0.5) is 13.2 Å². The number of carbonyl (C=O) groups excluding carboxylic acids is 2. The number of hydrogen-bond acceptors (Lipinski definition) is 4. The van der Waals surface area contributed by atoms with Gasteiger partial charge in [0.2, 0.25) is 0 Å². The smallest absolute Gasteiger partial charge is 0.471 e. The molecule has 5 nitrogen and oxygen atoms in total. The number of amides is 1. The fourth-order valence-electron chi connectivity index (χ4n) is 2.39. The molecule has 1 amide bonds. The molecule has 0 unspecified atom stereocenters. The molecular weight excluding hydrogens is 303 g/mol. The molecule has 0 saturated heterocycles. The molecule has 8 heteroatoms. The lowest BCUT2D eigenvalue weighted by molar-refractivity contribution is -0.173. The molecule has 1 aromatic rings. The molecule has 120 valence electrons. The van der Waals surface area contributed by atoms with E-state index in [0.717, 1.165) is 0 Å². The first-order chi connectivity index (χ1) is 10.1. The Hall–Kier alpha value is -2.25. The molecule has 1 aliphatic heterocycles. The van der Waals surface area contributed by atoms with Crippen LogP contribution in [0, 0.1) is 13.8 Å². The molecule has 1 aliphatic rings. The summed E-state index contributed by atoms with van der Waals surface area (Å²) in [5.74, 6) is -2.54. The number of halogens is 3. The molecule has 0 aromatic heterocycles. The van der Waals surface area contributed by atoms with E-state index >= 15 is 0 Å². The lowest BCUT2D eigenvalue weighted by Crippen LogP contribution is -2.36. The lowest BCUT2D eigenvalue weighted by Gasteiger charge is -2.24. The van der Waals surface area contributed by atoms with Gasteiger partial charge in [0.15, 0.2) is 0 Å². The van der Waals surface area contributed by atoms with Crippen molar-refractivity contribution in [3.8, 4) is 11.5 Å². The molecule has 22 heavy (non-hydrogen) atoms. The van der Waals surface area contributed by atoms with Crippen molar-refractivity contribution < 1.29 is 32.6 Å². The predicted octanol–water partition coefficient (Wildman–Crippen LogP) is 2.04. The number of esters is 1. The molecule has 0 radical (unpaired) electrons. The van der Waals surface area contributed by atoms with Gasteiger partial charge in [0.1, 0.15) is 11.5 Å². The van der Waals surface area contributed by atoms with Gasteiger partial charge >= 0.3 is 18.1 Å². The zero-order valence-electron chi connectivity index (χ0n) is 11.9. The molecular formula is C14H14F3NO4. The highest BCUT2D eigenvalue weighted by atomic mass is 19.4. The van der Waals surface area contributed by atoms with E-state index in [-0.39, 0.29) is 29.0 Å². The van der Waals surface area contributed by atoms with Gasteiger partial charge < -0.3 is 15.2 Å². The minimum Gasteiger partial charge on any atom is -0.507 e. The molecule has 0 aliphatic carbocycles. The second-order valence-electron chi connectivity index (χ2n) is 5.04. The third-order valence-electron chi connectivity index (χ3n) is 3.64. The predicted molar refractivity (Wildman–Crippen MR) is 69.4 cm³/mol. The molecule has 1 aromatic carbocycles. The number of phenolic OH excluding ortho intramolecular Hbond substituents is 1. The Morgan fingerprint density at radius 2 is 1.91 bits per heavy atom. The topological polar surface area (TPSA) is 75.6 Å². The Bertz CT molecular complexity index is 653. The molecule has 0 spiro atoms. The molecule has 0 saturated carbocycles. The average molecular weight is 317 g/mol. The van der Waals surface area contributed by atoms with E-state index in [2.05, 4.69) is 0 Å². The Morgan fingerprint density at radius 3 is 2.50 bits per heavy atom. The van der Waals surface area contributed by atoms with Crippen LogP contribution in [-0.4, -0.2) is 23.2 Å². The van der Waals surface area contributed by atoms with Crippen LogP contribution in [0.1, 0.15) is 28.7 Å². The first-order valence-electron chi connectivity index (χ1n) is 6.52. The highest BCUT2D eigenvalue weighted by Crippen LogP contribution is 2.40. The maximum absolute atomic E-state index is 12.3. The SMILES string of the molecule is Cc1c(O)c(C)c(CNC(=O)C(F)(F)F)c2c1CCC(=O)O2. The van der Waals surface area contributed by atoms with E-state index in [9.17, 15) is 27.9 Å². The quantitative estimate of drug-likeness (QED) is 0.646. The van der Waals surface area contributed by atoms with E-state index < -0.39 is 24.6 Å². The van der Waals surface area contributed by atoms with E-state index in [1.54, 1.807) is 12.2 Å². The van der Waals surface area contributed by atoms with Crippen LogP contribution in [0.2, 0.25) is 0 Å². The van der Waals surface area contributed by atoms with E-state index in [0.29, 0.717) is 17.5 Å². The zero-order valence-corrected chi connectivity index (χ0v) is 11.9. The summed E-state index contributed by atoms with van der Waals surface area (Å²) in [5.41, 5.74) is 1.53. The van der Waals surface area contributed by atoms with Gasteiger partial charge in [0, 0.05) is 17.7 Å². The number of ether oxygens (including phenoxy) is 1. The second-order valence-corrected chi connectivity index (χ2v) is 5.04. The summed E-state index contributed by atoms with van der Waals surface area (Å²) >= 11 is 0. The number of alkyl halides is 3. The van der Waals surface area contributed by atoms with Crippen molar-refractivity contribution in [1.82, 2.24) is 5.32 Å². The standard InChI is InChI=1S/C14H14F3NO4/c1-6-8-3-4-10(19)22-12(8)9(7(2)11(6)20)5-18-13(21)14(15,16)17/h20H,3-5H2,1-2H3,(H,18,21). The third kappa shape index (κ3) is 2.86. The van der Waals surface area contributed by atoms with Crippen LogP contribution in [0.25, 0.3) is 0 Å². The second kappa shape index (κ2) is 5.51. The van der Waals surface area contributed by atoms with Crippen LogP contribution >= 0.6 is 0 Å². The maximum Gasteiger partial charge on any atom is 0.471 e. The maximum atomic E-state index is 12.3. The summed E-state index contributed by atoms with van der Waals surface area (Å²) in [6, 6.07) is 0. The first kappa shape index (κ1) is 16.1. The summed E-state index contributed by atoms with van der Waals surface area (Å²) in [7, 11) is 0. The van der Waals surface area contributed by atoms with E-state index in [4.69, 9.17) is 4.74 Å². The van der Waals surface area contributed by atoms with Crippen molar-refractivity contribution in [3.63, 3.8) is 0 Å². The van der Waals surface area contributed by atoms with Crippen molar-refractivity contribution in [2.45, 2.75) is 39.4 Å². The summed E-state index contributed by atoms with van der Waals surface area (Å²) in [4.78, 5) is 22.4. The summed E-state index contributed by atoms with van der Waals surface area (Å²) < 4.78 is 41.9. The third-order valence-corrected chi connectivity index (χ3v) is 3.64. The fourth-order valence-corrected chi connectivity index (χ4v) is 2.39. The summed E-state index contributed by atoms with van der Waals surface area (Å²) in [6.45, 7) is 2.63. The van der Waals surface area contributed by atoms with Gasteiger partial charge in [-0.3, -0.25) is 9.59 Å². The summed E-state index contributed by atoms with van der Waals surface area (Å²) in [5, 5.41) is 11.8. The van der Waals surface area contributed by atoms with Gasteiger partial charge in [-0.25, -0.2) is 0 Å². The van der Waals surface area contributed by atoms with E-state index in [1.165, 1.54) is 6.92 Å². The minimum absolute atomic E-state index is 0.0760. The number of rotatable bonds is 2. The van der Waals surface area contributed by atoms with Crippen molar-refractivity contribution >= 4 is 11.9 Å². The molecule has 0 bridgehead atoms. The number of fused-ring (bicyclic) bond motifs is 1. The van der Waals surface area contributed by atoms with Crippen molar-refractivity contribution in [2.75, 3.05) is 0 Å². The van der Waals surface area contributed by atoms with Crippen LogP contribution in [0.3, 0.4) is 0 Å². The zero-order chi connectivity index (χ0) is 16.7. The van der Waals surface area contributed by atoms with Crippen molar-refractivity contribution in [3.05, 3.63) is 22.3 Å². The van der Waals surface area contributed by atoms with Crippen LogP contribution in [0.15, 0.2) is 0 Å². The fraction of sp³-hybridized carbons (Fsp3) is 0.429. The van der Waals surface area contributed by atoms with Gasteiger partial charge in [-0.1, -0.05) is 0 Å². The largest absolute Gasteiger partial charge is 0.507 e. The van der Waals surface area contributed by atoms with Gasteiger partial charge in [0.25, 0.3) is 0 Å². The number of phenols is 1. The van der Waals surface area contributed by atoms with Gasteiger partial charge in [0.05, 0.1) is 6.42 Å². The normalized spacial score (nSPS) is 14.3. The Balaban J connectivity index is 2.41. The summed E-state index contributed by atoms with van der Waals surface area (Å²) in [6.07, 6.45) is -4.55. The number of aromatic hydroxyl groups is 1. The van der Waals surface area contributed by atoms with Gasteiger partial charge in [-0.2, -0.15) is 13.2 Å². The van der Waals surface area contributed by atoms with Crippen molar-refractivity contribution in [2.24, 2.45) is 0 Å². The monoisotopic (exact) mass is 317 g/mol. The minimum atomic E-state index is -5.00. The first-order valence-corrected chi connectivity index (χ1v) is 6.52. The van der Waals surface area contributed by atoms with Gasteiger partial charge in [-0.05, 0) is 31.4 Å². The van der Waals surface area contributed by atoms with Crippen LogP contribution in [0.5, 0.6) is 11.5 Å². The van der Waals surface area contributed by atoms with Crippen molar-refractivity contribution in [1.29, 1.82) is 0 Å². The number of carbonyl (C=O) groups is 2.